The maximum absolute atomic E-state index is 6.25. The third kappa shape index (κ3) is 1.89. The molecule has 4 heteroatoms. The summed E-state index contributed by atoms with van der Waals surface area (Å²) in [6, 6.07) is 20.1. The Morgan fingerprint density at radius 1 is 0.857 bits per heavy atom. The van der Waals surface area contributed by atoms with E-state index in [1.165, 1.54) is 0 Å². The Morgan fingerprint density at radius 3 is 2.10 bits per heavy atom. The van der Waals surface area contributed by atoms with Gasteiger partial charge < -0.3 is 5.73 Å². The molecule has 0 aliphatic rings. The maximum Gasteiger partial charge on any atom is 0.177 e. The fourth-order valence-electron chi connectivity index (χ4n) is 2.52. The van der Waals surface area contributed by atoms with Crippen molar-refractivity contribution in [1.82, 2.24) is 14.6 Å². The molecule has 0 spiro atoms. The molecule has 4 nitrogen and oxygen atoms in total. The standard InChI is InChI=1S/C17H14N4/c18-15-16(13-9-5-2-6-10-13)20-21-11-14(19-17(15)21)12-7-3-1-4-8-12/h1-11,20H,18H2. The molecule has 0 fully saturated rings. The van der Waals surface area contributed by atoms with Gasteiger partial charge in [-0.05, 0) is 0 Å². The molecule has 2 aromatic carbocycles. The van der Waals surface area contributed by atoms with Crippen molar-refractivity contribution in [2.24, 2.45) is 0 Å². The van der Waals surface area contributed by atoms with Gasteiger partial charge in [0, 0.05) is 11.1 Å². The van der Waals surface area contributed by atoms with E-state index in [4.69, 9.17) is 5.73 Å². The molecule has 4 rings (SSSR count). The van der Waals surface area contributed by atoms with Gasteiger partial charge in [0.1, 0.15) is 5.69 Å². The third-order valence-electron chi connectivity index (χ3n) is 3.58. The van der Waals surface area contributed by atoms with Crippen LogP contribution in [0.5, 0.6) is 0 Å². The van der Waals surface area contributed by atoms with Gasteiger partial charge in [-0.25, -0.2) is 9.50 Å². The van der Waals surface area contributed by atoms with Crippen LogP contribution in [-0.4, -0.2) is 14.6 Å². The van der Waals surface area contributed by atoms with Gasteiger partial charge in [-0.1, -0.05) is 60.7 Å². The van der Waals surface area contributed by atoms with Crippen LogP contribution in [0.3, 0.4) is 0 Å². The van der Waals surface area contributed by atoms with Crippen molar-refractivity contribution >= 4 is 11.3 Å². The molecule has 4 aromatic rings. The Hall–Kier alpha value is -3.01. The van der Waals surface area contributed by atoms with Gasteiger partial charge in [0.05, 0.1) is 17.6 Å². The molecule has 0 saturated carbocycles. The Kier molecular flexibility index (Phi) is 2.54. The molecule has 0 amide bonds. The number of H-pyrrole nitrogens is 1. The molecule has 0 atom stereocenters. The number of nitrogens with one attached hydrogen (secondary N) is 1. The summed E-state index contributed by atoms with van der Waals surface area (Å²) in [5.74, 6) is 0. The van der Waals surface area contributed by atoms with E-state index in [0.29, 0.717) is 5.69 Å². The van der Waals surface area contributed by atoms with E-state index in [1.54, 1.807) is 0 Å². The number of nitrogens with zero attached hydrogens (tertiary/aromatic N) is 2. The van der Waals surface area contributed by atoms with Crippen LogP contribution in [-0.2, 0) is 0 Å². The second kappa shape index (κ2) is 4.52. The molecule has 0 aliphatic carbocycles. The summed E-state index contributed by atoms with van der Waals surface area (Å²) in [5.41, 5.74) is 11.6. The van der Waals surface area contributed by atoms with E-state index in [2.05, 4.69) is 10.1 Å². The molecule has 21 heavy (non-hydrogen) atoms. The van der Waals surface area contributed by atoms with Crippen molar-refractivity contribution in [3.05, 3.63) is 66.9 Å². The normalized spacial score (nSPS) is 11.0. The topological polar surface area (TPSA) is 59.1 Å². The monoisotopic (exact) mass is 274 g/mol. The van der Waals surface area contributed by atoms with E-state index < -0.39 is 0 Å². The maximum atomic E-state index is 6.25. The van der Waals surface area contributed by atoms with E-state index in [-0.39, 0.29) is 0 Å². The number of anilines is 1. The van der Waals surface area contributed by atoms with E-state index in [1.807, 2.05) is 71.4 Å². The predicted octanol–water partition coefficient (Wildman–Crippen LogP) is 3.58. The van der Waals surface area contributed by atoms with E-state index in [0.717, 1.165) is 28.2 Å². The number of imidazole rings is 1. The van der Waals surface area contributed by atoms with Gasteiger partial charge in [-0.2, -0.15) is 0 Å². The molecular formula is C17H14N4. The van der Waals surface area contributed by atoms with Crippen molar-refractivity contribution in [1.29, 1.82) is 0 Å². The van der Waals surface area contributed by atoms with E-state index in [9.17, 15) is 0 Å². The Bertz CT molecular complexity index is 889. The van der Waals surface area contributed by atoms with Crippen LogP contribution >= 0.6 is 0 Å². The van der Waals surface area contributed by atoms with Gasteiger partial charge in [0.15, 0.2) is 5.65 Å². The number of fused-ring (bicyclic) bond motifs is 1. The first-order valence-electron chi connectivity index (χ1n) is 6.80. The quantitative estimate of drug-likeness (QED) is 0.587. The van der Waals surface area contributed by atoms with Crippen LogP contribution < -0.4 is 5.73 Å². The molecule has 0 radical (unpaired) electrons. The second-order valence-corrected chi connectivity index (χ2v) is 4.95. The van der Waals surface area contributed by atoms with Crippen molar-refractivity contribution < 1.29 is 0 Å². The molecule has 0 saturated heterocycles. The van der Waals surface area contributed by atoms with Crippen LogP contribution in [0.15, 0.2) is 66.9 Å². The fourth-order valence-corrected chi connectivity index (χ4v) is 2.52. The summed E-state index contributed by atoms with van der Waals surface area (Å²) < 4.78 is 1.88. The number of nitrogens with two attached hydrogens (primary N) is 1. The molecule has 2 heterocycles. The van der Waals surface area contributed by atoms with Crippen LogP contribution in [0.25, 0.3) is 28.2 Å². The number of nitrogen functional groups attached to an aromatic ring is 1. The summed E-state index contributed by atoms with van der Waals surface area (Å²) in [7, 11) is 0. The lowest BCUT2D eigenvalue weighted by atomic mass is 10.1. The zero-order chi connectivity index (χ0) is 14.2. The lowest BCUT2D eigenvalue weighted by Crippen LogP contribution is -1.88. The van der Waals surface area contributed by atoms with Gasteiger partial charge in [-0.3, -0.25) is 5.10 Å². The van der Waals surface area contributed by atoms with E-state index >= 15 is 0 Å². The number of aromatic nitrogens is 3. The minimum atomic E-state index is 0.670. The predicted molar refractivity (Wildman–Crippen MR) is 84.8 cm³/mol. The SMILES string of the molecule is Nc1c(-c2ccccc2)[nH]n2cc(-c3ccccc3)nc12. The lowest BCUT2D eigenvalue weighted by molar-refractivity contribution is 0.978. The van der Waals surface area contributed by atoms with Crippen molar-refractivity contribution in [2.75, 3.05) is 5.73 Å². The number of benzene rings is 2. The summed E-state index contributed by atoms with van der Waals surface area (Å²) in [6.45, 7) is 0. The molecule has 0 unspecified atom stereocenters. The summed E-state index contributed by atoms with van der Waals surface area (Å²) in [4.78, 5) is 4.64. The highest BCUT2D eigenvalue weighted by Gasteiger charge is 2.14. The number of hydrogen-bond acceptors (Lipinski definition) is 2. The van der Waals surface area contributed by atoms with Crippen molar-refractivity contribution in [3.8, 4) is 22.5 Å². The summed E-state index contributed by atoms with van der Waals surface area (Å²) in [6.07, 6.45) is 1.97. The Morgan fingerprint density at radius 2 is 1.48 bits per heavy atom. The van der Waals surface area contributed by atoms with Gasteiger partial charge in [0.2, 0.25) is 0 Å². The molecule has 102 valence electrons. The van der Waals surface area contributed by atoms with Crippen LogP contribution in [0.2, 0.25) is 0 Å². The van der Waals surface area contributed by atoms with Gasteiger partial charge >= 0.3 is 0 Å². The molecule has 2 aromatic heterocycles. The molecule has 0 bridgehead atoms. The van der Waals surface area contributed by atoms with Gasteiger partial charge in [0.25, 0.3) is 0 Å². The number of rotatable bonds is 2. The zero-order valence-electron chi connectivity index (χ0n) is 11.3. The molecule has 0 aliphatic heterocycles. The number of aromatic amines is 1. The first-order valence-corrected chi connectivity index (χ1v) is 6.80. The highest BCUT2D eigenvalue weighted by molar-refractivity contribution is 5.84. The summed E-state index contributed by atoms with van der Waals surface area (Å²) >= 11 is 0. The van der Waals surface area contributed by atoms with Crippen molar-refractivity contribution in [3.63, 3.8) is 0 Å². The van der Waals surface area contributed by atoms with Crippen LogP contribution in [0.4, 0.5) is 5.69 Å². The Balaban J connectivity index is 1.85. The second-order valence-electron chi connectivity index (χ2n) is 4.95. The average molecular weight is 274 g/mol. The number of hydrogen-bond donors (Lipinski definition) is 2. The van der Waals surface area contributed by atoms with Crippen LogP contribution in [0, 0.1) is 0 Å². The first kappa shape index (κ1) is 11.8. The fraction of sp³-hybridized carbons (Fsp3) is 0. The third-order valence-corrected chi connectivity index (χ3v) is 3.58. The minimum absolute atomic E-state index is 0.670. The smallest absolute Gasteiger partial charge is 0.177 e. The minimum Gasteiger partial charge on any atom is -0.394 e. The van der Waals surface area contributed by atoms with Crippen LogP contribution in [0.1, 0.15) is 0 Å². The van der Waals surface area contributed by atoms with Gasteiger partial charge in [-0.15, -0.1) is 0 Å². The largest absolute Gasteiger partial charge is 0.394 e. The first-order chi connectivity index (χ1) is 10.3. The average Bonchev–Trinajstić information content (AvgIpc) is 3.09. The molecule has 3 N–H and O–H groups in total. The Labute approximate surface area is 121 Å². The molecular weight excluding hydrogens is 260 g/mol. The summed E-state index contributed by atoms with van der Waals surface area (Å²) in [5, 5.41) is 3.30. The highest BCUT2D eigenvalue weighted by atomic mass is 15.3. The highest BCUT2D eigenvalue weighted by Crippen LogP contribution is 2.29. The van der Waals surface area contributed by atoms with Crippen molar-refractivity contribution in [2.45, 2.75) is 0 Å². The zero-order valence-corrected chi connectivity index (χ0v) is 11.3. The lowest BCUT2D eigenvalue weighted by Gasteiger charge is -1.99.